The molecule has 7 nitrogen and oxygen atoms in total. The minimum atomic E-state index is 0.469. The first-order valence-electron chi connectivity index (χ1n) is 8.44. The van der Waals surface area contributed by atoms with Crippen LogP contribution in [-0.2, 0) is 13.1 Å². The Hall–Kier alpha value is -2.25. The van der Waals surface area contributed by atoms with E-state index in [1.807, 2.05) is 31.3 Å². The number of aromatic nitrogens is 4. The molecule has 1 aliphatic heterocycles. The lowest BCUT2D eigenvalue weighted by Gasteiger charge is -2.32. The largest absolute Gasteiger partial charge is 0.340 e. The van der Waals surface area contributed by atoms with Crippen LogP contribution in [0.2, 0.25) is 0 Å². The molecule has 1 N–H and O–H groups in total. The fourth-order valence-electron chi connectivity index (χ4n) is 3.29. The van der Waals surface area contributed by atoms with Gasteiger partial charge in [0.25, 0.3) is 0 Å². The predicted octanol–water partition coefficient (Wildman–Crippen LogP) is 1.78. The highest BCUT2D eigenvalue weighted by molar-refractivity contribution is 5.39. The second-order valence-corrected chi connectivity index (χ2v) is 6.38. The highest BCUT2D eigenvalue weighted by atomic mass is 16.5. The molecule has 3 aromatic rings. The molecule has 0 radical (unpaired) electrons. The zero-order valence-electron chi connectivity index (χ0n) is 13.9. The number of imidazole rings is 1. The normalized spacial score (nSPS) is 19.1. The number of hydrogen-bond acceptors (Lipinski definition) is 6. The lowest BCUT2D eigenvalue weighted by Crippen LogP contribution is -2.45. The monoisotopic (exact) mass is 326 g/mol. The van der Waals surface area contributed by atoms with Gasteiger partial charge in [-0.3, -0.25) is 4.90 Å². The zero-order chi connectivity index (χ0) is 16.4. The Morgan fingerprint density at radius 2 is 2.29 bits per heavy atom. The Morgan fingerprint density at radius 1 is 1.33 bits per heavy atom. The van der Waals surface area contributed by atoms with Crippen LogP contribution in [-0.4, -0.2) is 43.6 Å². The van der Waals surface area contributed by atoms with Crippen molar-refractivity contribution in [1.29, 1.82) is 0 Å². The molecule has 1 atom stereocenters. The van der Waals surface area contributed by atoms with Gasteiger partial charge in [0.15, 0.2) is 5.82 Å². The molecule has 1 fully saturated rings. The molecule has 4 rings (SSSR count). The molecular weight excluding hydrogens is 304 g/mol. The fourth-order valence-corrected chi connectivity index (χ4v) is 3.29. The minimum Gasteiger partial charge on any atom is -0.340 e. The maximum atomic E-state index is 5.05. The Labute approximate surface area is 140 Å². The molecule has 0 aromatic carbocycles. The van der Waals surface area contributed by atoms with Gasteiger partial charge in [-0.2, -0.15) is 4.98 Å². The van der Waals surface area contributed by atoms with E-state index in [9.17, 15) is 0 Å². The van der Waals surface area contributed by atoms with Gasteiger partial charge in [0.1, 0.15) is 5.65 Å². The molecule has 7 heteroatoms. The second-order valence-electron chi connectivity index (χ2n) is 6.38. The standard InChI is InChI=1S/C17H22N6O/c1-13-19-16(21-24-13)12-22-7-4-5-14(10-22)18-9-15-11-23-8-3-2-6-17(23)20-15/h2-3,6,8,11,14,18H,4-5,7,9-10,12H2,1H3/t14-/m1/s1. The van der Waals surface area contributed by atoms with E-state index in [0.29, 0.717) is 11.9 Å². The van der Waals surface area contributed by atoms with Gasteiger partial charge >= 0.3 is 0 Å². The SMILES string of the molecule is Cc1nc(CN2CCC[C@@H](NCc3cn4ccccc4n3)C2)no1. The average Bonchev–Trinajstić information content (AvgIpc) is 3.19. The van der Waals surface area contributed by atoms with E-state index in [4.69, 9.17) is 4.52 Å². The van der Waals surface area contributed by atoms with Gasteiger partial charge in [0.2, 0.25) is 5.89 Å². The maximum Gasteiger partial charge on any atom is 0.223 e. The molecule has 126 valence electrons. The number of pyridine rings is 1. The van der Waals surface area contributed by atoms with Gasteiger partial charge in [0.05, 0.1) is 12.2 Å². The van der Waals surface area contributed by atoms with E-state index in [-0.39, 0.29) is 0 Å². The van der Waals surface area contributed by atoms with Crippen LogP contribution in [0.25, 0.3) is 5.65 Å². The molecule has 0 unspecified atom stereocenters. The Bertz CT molecular complexity index is 777. The van der Waals surface area contributed by atoms with Crippen LogP contribution >= 0.6 is 0 Å². The van der Waals surface area contributed by atoms with E-state index in [1.165, 1.54) is 12.8 Å². The van der Waals surface area contributed by atoms with Gasteiger partial charge in [0, 0.05) is 38.4 Å². The molecule has 0 saturated carbocycles. The summed E-state index contributed by atoms with van der Waals surface area (Å²) < 4.78 is 7.11. The number of hydrogen-bond donors (Lipinski definition) is 1. The van der Waals surface area contributed by atoms with Crippen molar-refractivity contribution in [3.63, 3.8) is 0 Å². The maximum absolute atomic E-state index is 5.05. The first kappa shape index (κ1) is 15.3. The van der Waals surface area contributed by atoms with Crippen molar-refractivity contribution >= 4 is 5.65 Å². The van der Waals surface area contributed by atoms with E-state index in [0.717, 1.165) is 43.3 Å². The molecule has 24 heavy (non-hydrogen) atoms. The van der Waals surface area contributed by atoms with E-state index >= 15 is 0 Å². The number of piperidine rings is 1. The molecule has 0 bridgehead atoms. The number of aryl methyl sites for hydroxylation is 1. The second kappa shape index (κ2) is 6.70. The summed E-state index contributed by atoms with van der Waals surface area (Å²) in [5.74, 6) is 1.40. The topological polar surface area (TPSA) is 71.5 Å². The third-order valence-electron chi connectivity index (χ3n) is 4.43. The van der Waals surface area contributed by atoms with Crippen LogP contribution in [0.5, 0.6) is 0 Å². The molecule has 4 heterocycles. The van der Waals surface area contributed by atoms with Crippen LogP contribution in [0.3, 0.4) is 0 Å². The smallest absolute Gasteiger partial charge is 0.223 e. The summed E-state index contributed by atoms with van der Waals surface area (Å²) in [5.41, 5.74) is 2.07. The van der Waals surface area contributed by atoms with Crippen LogP contribution in [0.4, 0.5) is 0 Å². The van der Waals surface area contributed by atoms with Crippen molar-refractivity contribution in [2.45, 2.75) is 38.9 Å². The summed E-state index contributed by atoms with van der Waals surface area (Å²) in [5, 5.41) is 7.63. The van der Waals surface area contributed by atoms with Crippen LogP contribution < -0.4 is 5.32 Å². The van der Waals surface area contributed by atoms with Crippen molar-refractivity contribution in [2.24, 2.45) is 0 Å². The van der Waals surface area contributed by atoms with Crippen molar-refractivity contribution in [1.82, 2.24) is 29.7 Å². The molecule has 0 aliphatic carbocycles. The van der Waals surface area contributed by atoms with Crippen molar-refractivity contribution < 1.29 is 4.52 Å². The molecule has 0 amide bonds. The van der Waals surface area contributed by atoms with Gasteiger partial charge in [-0.05, 0) is 31.5 Å². The Balaban J connectivity index is 1.32. The zero-order valence-corrected chi connectivity index (χ0v) is 13.9. The molecular formula is C17H22N6O. The predicted molar refractivity (Wildman–Crippen MR) is 89.4 cm³/mol. The highest BCUT2D eigenvalue weighted by Crippen LogP contribution is 2.13. The first-order chi connectivity index (χ1) is 11.8. The van der Waals surface area contributed by atoms with Crippen LogP contribution in [0.15, 0.2) is 35.1 Å². The summed E-state index contributed by atoms with van der Waals surface area (Å²) >= 11 is 0. The van der Waals surface area contributed by atoms with Gasteiger partial charge in [-0.1, -0.05) is 11.2 Å². The molecule has 1 saturated heterocycles. The lowest BCUT2D eigenvalue weighted by atomic mass is 10.1. The quantitative estimate of drug-likeness (QED) is 0.770. The Kier molecular flexibility index (Phi) is 4.27. The van der Waals surface area contributed by atoms with E-state index < -0.39 is 0 Å². The number of nitrogens with one attached hydrogen (secondary N) is 1. The van der Waals surface area contributed by atoms with Crippen molar-refractivity contribution in [2.75, 3.05) is 13.1 Å². The van der Waals surface area contributed by atoms with Crippen LogP contribution in [0, 0.1) is 6.92 Å². The number of rotatable bonds is 5. The third-order valence-corrected chi connectivity index (χ3v) is 4.43. The first-order valence-corrected chi connectivity index (χ1v) is 8.44. The van der Waals surface area contributed by atoms with Crippen molar-refractivity contribution in [3.8, 4) is 0 Å². The van der Waals surface area contributed by atoms with Gasteiger partial charge in [-0.15, -0.1) is 0 Å². The number of nitrogens with zero attached hydrogens (tertiary/aromatic N) is 5. The molecule has 3 aromatic heterocycles. The highest BCUT2D eigenvalue weighted by Gasteiger charge is 2.21. The third kappa shape index (κ3) is 3.47. The summed E-state index contributed by atoms with van der Waals surface area (Å²) in [6.45, 7) is 5.46. The molecule has 0 spiro atoms. The summed E-state index contributed by atoms with van der Waals surface area (Å²) in [4.78, 5) is 11.3. The molecule has 1 aliphatic rings. The number of fused-ring (bicyclic) bond motifs is 1. The minimum absolute atomic E-state index is 0.469. The lowest BCUT2D eigenvalue weighted by molar-refractivity contribution is 0.177. The Morgan fingerprint density at radius 3 is 3.12 bits per heavy atom. The summed E-state index contributed by atoms with van der Waals surface area (Å²) in [6, 6.07) is 6.53. The van der Waals surface area contributed by atoms with E-state index in [2.05, 4.69) is 35.9 Å². The number of likely N-dealkylation sites (tertiary alicyclic amines) is 1. The van der Waals surface area contributed by atoms with Gasteiger partial charge in [-0.25, -0.2) is 4.98 Å². The summed E-state index contributed by atoms with van der Waals surface area (Å²) in [7, 11) is 0. The fraction of sp³-hybridized carbons (Fsp3) is 0.471. The van der Waals surface area contributed by atoms with Crippen molar-refractivity contribution in [3.05, 3.63) is 48.0 Å². The van der Waals surface area contributed by atoms with E-state index in [1.54, 1.807) is 0 Å². The summed E-state index contributed by atoms with van der Waals surface area (Å²) in [6.07, 6.45) is 6.49. The van der Waals surface area contributed by atoms with Gasteiger partial charge < -0.3 is 14.2 Å². The average molecular weight is 326 g/mol. The van der Waals surface area contributed by atoms with Crippen LogP contribution in [0.1, 0.15) is 30.3 Å².